The highest BCUT2D eigenvalue weighted by Crippen LogP contribution is 2.26. The molecule has 0 radical (unpaired) electrons. The van der Waals surface area contributed by atoms with Crippen molar-refractivity contribution in [3.05, 3.63) is 100 Å². The number of aryl methyl sites for hydroxylation is 1. The Morgan fingerprint density at radius 3 is 2.53 bits per heavy atom. The second-order valence-corrected chi connectivity index (χ2v) is 7.86. The van der Waals surface area contributed by atoms with Gasteiger partial charge in [-0.1, -0.05) is 49.4 Å². The number of fused-ring (bicyclic) bond motifs is 1. The van der Waals surface area contributed by atoms with Gasteiger partial charge in [0, 0.05) is 13.5 Å². The molecule has 2 aromatic carbocycles. The zero-order valence-electron chi connectivity index (χ0n) is 18.4. The molecule has 4 rings (SSSR count). The normalized spacial score (nSPS) is 12.1. The fourth-order valence-corrected chi connectivity index (χ4v) is 4.06. The van der Waals surface area contributed by atoms with Crippen LogP contribution in [-0.4, -0.2) is 20.4 Å². The molecular weight excluding hydrogens is 402 g/mol. The van der Waals surface area contributed by atoms with E-state index in [-0.39, 0.29) is 17.5 Å². The summed E-state index contributed by atoms with van der Waals surface area (Å²) in [5.41, 5.74) is 1.64. The number of amides is 1. The minimum Gasteiger partial charge on any atom is -0.467 e. The molecule has 6 nitrogen and oxygen atoms in total. The highest BCUT2D eigenvalue weighted by atomic mass is 16.3. The van der Waals surface area contributed by atoms with Crippen LogP contribution >= 0.6 is 0 Å². The van der Waals surface area contributed by atoms with Gasteiger partial charge in [-0.15, -0.1) is 0 Å². The topological polar surface area (TPSA) is 68.3 Å². The number of hydrogen-bond acceptors (Lipinski definition) is 4. The molecule has 0 N–H and O–H groups in total. The number of nitrogens with zero attached hydrogens (tertiary/aromatic N) is 3. The molecule has 0 fully saturated rings. The van der Waals surface area contributed by atoms with E-state index < -0.39 is 0 Å². The van der Waals surface area contributed by atoms with Gasteiger partial charge in [0.1, 0.15) is 11.6 Å². The van der Waals surface area contributed by atoms with Crippen LogP contribution in [0.4, 0.5) is 0 Å². The molecule has 0 aliphatic heterocycles. The van der Waals surface area contributed by atoms with Gasteiger partial charge in [-0.25, -0.2) is 4.98 Å². The van der Waals surface area contributed by atoms with Crippen molar-refractivity contribution in [1.82, 2.24) is 14.5 Å². The summed E-state index contributed by atoms with van der Waals surface area (Å²) in [5.74, 6) is 1.28. The van der Waals surface area contributed by atoms with Crippen LogP contribution in [0.1, 0.15) is 43.0 Å². The first kappa shape index (κ1) is 21.6. The smallest absolute Gasteiger partial charge is 0.261 e. The number of furan rings is 1. The van der Waals surface area contributed by atoms with Crippen molar-refractivity contribution in [2.24, 2.45) is 7.05 Å². The molecule has 164 valence electrons. The van der Waals surface area contributed by atoms with E-state index in [1.54, 1.807) is 28.8 Å². The van der Waals surface area contributed by atoms with Crippen molar-refractivity contribution in [3.63, 3.8) is 0 Å². The first-order valence-electron chi connectivity index (χ1n) is 10.9. The zero-order valence-corrected chi connectivity index (χ0v) is 18.4. The summed E-state index contributed by atoms with van der Waals surface area (Å²) in [6.45, 7) is 2.33. The Kier molecular flexibility index (Phi) is 6.50. The van der Waals surface area contributed by atoms with Gasteiger partial charge in [-0.2, -0.15) is 0 Å². The third-order valence-electron chi connectivity index (χ3n) is 5.78. The van der Waals surface area contributed by atoms with Crippen molar-refractivity contribution in [3.8, 4) is 0 Å². The van der Waals surface area contributed by atoms with Gasteiger partial charge in [0.15, 0.2) is 0 Å². The quantitative estimate of drug-likeness (QED) is 0.409. The second kappa shape index (κ2) is 9.64. The molecule has 32 heavy (non-hydrogen) atoms. The lowest BCUT2D eigenvalue weighted by atomic mass is 10.1. The second-order valence-electron chi connectivity index (χ2n) is 7.86. The van der Waals surface area contributed by atoms with Gasteiger partial charge in [-0.05, 0) is 42.7 Å². The third-order valence-corrected chi connectivity index (χ3v) is 5.78. The maximum absolute atomic E-state index is 13.4. The molecule has 4 aromatic rings. The lowest BCUT2D eigenvalue weighted by Gasteiger charge is -2.31. The molecule has 2 heterocycles. The number of carbonyl (C=O) groups is 1. The molecular formula is C26H27N3O3. The molecule has 0 saturated carbocycles. The molecule has 1 amide bonds. The predicted molar refractivity (Wildman–Crippen MR) is 124 cm³/mol. The van der Waals surface area contributed by atoms with E-state index in [4.69, 9.17) is 9.40 Å². The number of carbonyl (C=O) groups excluding carboxylic acids is 1. The van der Waals surface area contributed by atoms with Crippen molar-refractivity contribution >= 4 is 16.8 Å². The molecule has 1 unspecified atom stereocenters. The summed E-state index contributed by atoms with van der Waals surface area (Å²) < 4.78 is 7.11. The fraction of sp³-hybridized carbons (Fsp3) is 0.269. The monoisotopic (exact) mass is 429 g/mol. The number of rotatable bonds is 8. The Bertz CT molecular complexity index is 1250. The third kappa shape index (κ3) is 4.49. The van der Waals surface area contributed by atoms with Crippen LogP contribution < -0.4 is 5.56 Å². The van der Waals surface area contributed by atoms with Crippen LogP contribution in [0.15, 0.2) is 82.2 Å². The number of para-hydroxylation sites is 1. The number of hydrogen-bond donors (Lipinski definition) is 0. The zero-order chi connectivity index (χ0) is 22.5. The summed E-state index contributed by atoms with van der Waals surface area (Å²) in [7, 11) is 1.72. The maximum atomic E-state index is 13.4. The summed E-state index contributed by atoms with van der Waals surface area (Å²) >= 11 is 0. The van der Waals surface area contributed by atoms with Crippen molar-refractivity contribution in [1.29, 1.82) is 0 Å². The van der Waals surface area contributed by atoms with E-state index in [1.165, 1.54) is 0 Å². The summed E-state index contributed by atoms with van der Waals surface area (Å²) in [4.78, 5) is 33.0. The van der Waals surface area contributed by atoms with Crippen molar-refractivity contribution in [2.45, 2.75) is 38.8 Å². The van der Waals surface area contributed by atoms with Gasteiger partial charge >= 0.3 is 0 Å². The van der Waals surface area contributed by atoms with E-state index in [0.717, 1.165) is 5.56 Å². The summed E-state index contributed by atoms with van der Waals surface area (Å²) in [6.07, 6.45) is 3.24. The van der Waals surface area contributed by atoms with Gasteiger partial charge < -0.3 is 9.32 Å². The lowest BCUT2D eigenvalue weighted by Crippen LogP contribution is -2.38. The van der Waals surface area contributed by atoms with Crippen LogP contribution in [0.3, 0.4) is 0 Å². The first-order chi connectivity index (χ1) is 15.6. The van der Waals surface area contributed by atoms with E-state index in [9.17, 15) is 9.59 Å². The minimum absolute atomic E-state index is 0.000453. The van der Waals surface area contributed by atoms with Crippen LogP contribution in [0.2, 0.25) is 0 Å². The predicted octanol–water partition coefficient (Wildman–Crippen LogP) is 4.64. The minimum atomic E-state index is -0.356. The molecule has 6 heteroatoms. The number of aromatic nitrogens is 2. The SMILES string of the molecule is CCC(c1nc2ccccc2c(=O)n1C)N(Cc1ccco1)C(=O)CCc1ccccc1. The summed E-state index contributed by atoms with van der Waals surface area (Å²) in [5, 5.41) is 0.571. The Balaban J connectivity index is 1.70. The molecule has 0 bridgehead atoms. The average molecular weight is 430 g/mol. The molecule has 0 aliphatic rings. The Morgan fingerprint density at radius 2 is 1.81 bits per heavy atom. The molecule has 2 aromatic heterocycles. The molecule has 1 atom stereocenters. The van der Waals surface area contributed by atoms with Crippen LogP contribution in [0.5, 0.6) is 0 Å². The fourth-order valence-electron chi connectivity index (χ4n) is 4.06. The van der Waals surface area contributed by atoms with Gasteiger partial charge in [0.25, 0.3) is 5.56 Å². The van der Waals surface area contributed by atoms with Crippen LogP contribution in [0.25, 0.3) is 10.9 Å². The highest BCUT2D eigenvalue weighted by Gasteiger charge is 2.28. The Morgan fingerprint density at radius 1 is 1.06 bits per heavy atom. The molecule has 0 saturated heterocycles. The van der Waals surface area contributed by atoms with E-state index in [0.29, 0.717) is 48.3 Å². The van der Waals surface area contributed by atoms with Crippen molar-refractivity contribution < 1.29 is 9.21 Å². The van der Waals surface area contributed by atoms with Crippen molar-refractivity contribution in [2.75, 3.05) is 0 Å². The first-order valence-corrected chi connectivity index (χ1v) is 10.9. The van der Waals surface area contributed by atoms with Crippen LogP contribution in [0, 0.1) is 0 Å². The summed E-state index contributed by atoms with van der Waals surface area (Å²) in [6, 6.07) is 20.6. The Labute approximate surface area is 187 Å². The average Bonchev–Trinajstić information content (AvgIpc) is 3.34. The molecule has 0 aliphatic carbocycles. The van der Waals surface area contributed by atoms with Gasteiger partial charge in [0.05, 0.1) is 29.8 Å². The van der Waals surface area contributed by atoms with Gasteiger partial charge in [-0.3, -0.25) is 14.2 Å². The number of benzene rings is 2. The standard InChI is InChI=1S/C26H27N3O3/c1-3-23(25-27-22-14-8-7-13-21(22)26(31)28(25)2)29(18-20-12-9-17-32-20)24(30)16-15-19-10-5-4-6-11-19/h4-14,17,23H,3,15-16,18H2,1-2H3. The lowest BCUT2D eigenvalue weighted by molar-refractivity contribution is -0.135. The maximum Gasteiger partial charge on any atom is 0.261 e. The molecule has 0 spiro atoms. The van der Waals surface area contributed by atoms with Crippen LogP contribution in [-0.2, 0) is 24.8 Å². The van der Waals surface area contributed by atoms with E-state index in [1.807, 2.05) is 67.6 Å². The Hall–Kier alpha value is -3.67. The van der Waals surface area contributed by atoms with Gasteiger partial charge in [0.2, 0.25) is 5.91 Å². The highest BCUT2D eigenvalue weighted by molar-refractivity contribution is 5.78. The van der Waals surface area contributed by atoms with E-state index >= 15 is 0 Å². The largest absolute Gasteiger partial charge is 0.467 e. The van der Waals surface area contributed by atoms with E-state index in [2.05, 4.69) is 0 Å².